The van der Waals surface area contributed by atoms with Crippen molar-refractivity contribution in [2.75, 3.05) is 6.54 Å². The highest BCUT2D eigenvalue weighted by Gasteiger charge is 2.25. The van der Waals surface area contributed by atoms with Crippen LogP contribution in [-0.2, 0) is 11.3 Å². The molecule has 3 nitrogen and oxygen atoms in total. The van der Waals surface area contributed by atoms with Crippen LogP contribution in [0.25, 0.3) is 0 Å². The van der Waals surface area contributed by atoms with Gasteiger partial charge in [0.05, 0.1) is 6.54 Å². The molecule has 1 aromatic rings. The summed E-state index contributed by atoms with van der Waals surface area (Å²) in [5.74, 6) is 0.297. The Kier molecular flexibility index (Phi) is 3.49. The molecule has 0 saturated carbocycles. The highest BCUT2D eigenvalue weighted by atomic mass is 32.1. The molecule has 4 heteroatoms. The first kappa shape index (κ1) is 10.8. The largest absolute Gasteiger partial charge is 0.300 e. The van der Waals surface area contributed by atoms with Crippen LogP contribution >= 0.6 is 11.3 Å². The van der Waals surface area contributed by atoms with Gasteiger partial charge in [-0.1, -0.05) is 0 Å². The summed E-state index contributed by atoms with van der Waals surface area (Å²) < 4.78 is 0. The van der Waals surface area contributed by atoms with E-state index in [2.05, 4.69) is 9.88 Å². The monoisotopic (exact) mass is 224 g/mol. The summed E-state index contributed by atoms with van der Waals surface area (Å²) >= 11 is 1.69. The lowest BCUT2D eigenvalue weighted by molar-refractivity contribution is -0.118. The Morgan fingerprint density at radius 2 is 2.60 bits per heavy atom. The molecule has 0 N–H and O–H groups in total. The van der Waals surface area contributed by atoms with Crippen LogP contribution in [0.4, 0.5) is 0 Å². The highest BCUT2D eigenvalue weighted by Crippen LogP contribution is 2.23. The Morgan fingerprint density at radius 3 is 3.27 bits per heavy atom. The molecule has 0 spiro atoms. The number of carbonyl (C=O) groups is 1. The van der Waals surface area contributed by atoms with Crippen LogP contribution in [0.2, 0.25) is 0 Å². The van der Waals surface area contributed by atoms with Crippen molar-refractivity contribution in [1.82, 2.24) is 9.88 Å². The summed E-state index contributed by atoms with van der Waals surface area (Å²) in [5.41, 5.74) is 0. The molecule has 1 saturated heterocycles. The maximum absolute atomic E-state index is 11.1. The van der Waals surface area contributed by atoms with Gasteiger partial charge in [-0.05, 0) is 26.3 Å². The Morgan fingerprint density at radius 1 is 1.73 bits per heavy atom. The van der Waals surface area contributed by atoms with E-state index in [0.717, 1.165) is 24.5 Å². The minimum atomic E-state index is 0.297. The summed E-state index contributed by atoms with van der Waals surface area (Å²) in [4.78, 5) is 17.8. The number of hydrogen-bond donors (Lipinski definition) is 0. The number of likely N-dealkylation sites (tertiary alicyclic amines) is 1. The van der Waals surface area contributed by atoms with Gasteiger partial charge in [0.25, 0.3) is 0 Å². The summed E-state index contributed by atoms with van der Waals surface area (Å²) in [6.07, 6.45) is 4.91. The van der Waals surface area contributed by atoms with E-state index in [1.807, 2.05) is 11.6 Å². The molecule has 0 radical (unpaired) electrons. The van der Waals surface area contributed by atoms with Gasteiger partial charge in [0.2, 0.25) is 0 Å². The van der Waals surface area contributed by atoms with Crippen molar-refractivity contribution in [2.45, 2.75) is 38.8 Å². The third kappa shape index (κ3) is 2.86. The average molecular weight is 224 g/mol. The van der Waals surface area contributed by atoms with Crippen molar-refractivity contribution in [3.05, 3.63) is 16.6 Å². The van der Waals surface area contributed by atoms with Crippen molar-refractivity contribution in [3.8, 4) is 0 Å². The molecule has 1 aromatic heterocycles. The van der Waals surface area contributed by atoms with Gasteiger partial charge in [-0.2, -0.15) is 0 Å². The lowest BCUT2D eigenvalue weighted by atomic mass is 10.1. The maximum atomic E-state index is 11.1. The van der Waals surface area contributed by atoms with E-state index in [1.54, 1.807) is 18.3 Å². The lowest BCUT2D eigenvalue weighted by Gasteiger charge is -2.22. The third-order valence-corrected chi connectivity index (χ3v) is 3.61. The number of rotatable bonds is 4. The Balaban J connectivity index is 1.93. The molecule has 15 heavy (non-hydrogen) atoms. The molecule has 0 bridgehead atoms. The normalized spacial score (nSPS) is 22.1. The number of hydrogen-bond acceptors (Lipinski definition) is 4. The SMILES string of the molecule is CC(=O)CC1CCCN1Cc1nccs1. The average Bonchev–Trinajstić information content (AvgIpc) is 2.78. The molecule has 1 unspecified atom stereocenters. The van der Waals surface area contributed by atoms with Crippen LogP contribution in [-0.4, -0.2) is 28.3 Å². The highest BCUT2D eigenvalue weighted by molar-refractivity contribution is 7.09. The Hall–Kier alpha value is -0.740. The van der Waals surface area contributed by atoms with Crippen LogP contribution in [0.3, 0.4) is 0 Å². The van der Waals surface area contributed by atoms with Gasteiger partial charge in [0.1, 0.15) is 10.8 Å². The van der Waals surface area contributed by atoms with E-state index in [1.165, 1.54) is 6.42 Å². The van der Waals surface area contributed by atoms with E-state index in [0.29, 0.717) is 18.2 Å². The number of aromatic nitrogens is 1. The van der Waals surface area contributed by atoms with Crippen molar-refractivity contribution in [3.63, 3.8) is 0 Å². The van der Waals surface area contributed by atoms with Crippen LogP contribution < -0.4 is 0 Å². The number of thiazole rings is 1. The summed E-state index contributed by atoms with van der Waals surface area (Å²) in [5, 5.41) is 3.16. The first-order valence-electron chi connectivity index (χ1n) is 5.37. The number of nitrogens with zero attached hydrogens (tertiary/aromatic N) is 2. The lowest BCUT2D eigenvalue weighted by Crippen LogP contribution is -2.30. The number of carbonyl (C=O) groups excluding carboxylic acids is 1. The molecule has 82 valence electrons. The molecule has 1 aliphatic rings. The first-order valence-corrected chi connectivity index (χ1v) is 6.25. The van der Waals surface area contributed by atoms with Crippen molar-refractivity contribution >= 4 is 17.1 Å². The van der Waals surface area contributed by atoms with Gasteiger partial charge >= 0.3 is 0 Å². The number of ketones is 1. The van der Waals surface area contributed by atoms with Gasteiger partial charge in [0.15, 0.2) is 0 Å². The molecule has 1 atom stereocenters. The van der Waals surface area contributed by atoms with Crippen LogP contribution in [0.15, 0.2) is 11.6 Å². The molecule has 1 fully saturated rings. The molecule has 2 heterocycles. The maximum Gasteiger partial charge on any atom is 0.131 e. The molecule has 0 aromatic carbocycles. The summed E-state index contributed by atoms with van der Waals surface area (Å²) in [7, 11) is 0. The topological polar surface area (TPSA) is 33.2 Å². The third-order valence-electron chi connectivity index (χ3n) is 2.84. The molecular weight excluding hydrogens is 208 g/mol. The predicted octanol–water partition coefficient (Wildman–Crippen LogP) is 2.09. The fourth-order valence-corrected chi connectivity index (χ4v) is 2.81. The van der Waals surface area contributed by atoms with E-state index < -0.39 is 0 Å². The zero-order valence-corrected chi connectivity index (χ0v) is 9.80. The van der Waals surface area contributed by atoms with Gasteiger partial charge < -0.3 is 0 Å². The standard InChI is InChI=1S/C11H16N2OS/c1-9(14)7-10-3-2-5-13(10)8-11-12-4-6-15-11/h4,6,10H,2-3,5,7-8H2,1H3. The molecule has 0 amide bonds. The molecule has 2 rings (SSSR count). The van der Waals surface area contributed by atoms with E-state index >= 15 is 0 Å². The van der Waals surface area contributed by atoms with Gasteiger partial charge in [-0.3, -0.25) is 9.69 Å². The van der Waals surface area contributed by atoms with Crippen molar-refractivity contribution in [2.24, 2.45) is 0 Å². The van der Waals surface area contributed by atoms with Crippen LogP contribution in [0.1, 0.15) is 31.2 Å². The molecule has 1 aliphatic heterocycles. The fraction of sp³-hybridized carbons (Fsp3) is 0.636. The molecule has 0 aliphatic carbocycles. The Bertz CT molecular complexity index is 323. The predicted molar refractivity (Wildman–Crippen MR) is 60.8 cm³/mol. The fourth-order valence-electron chi connectivity index (χ4n) is 2.17. The zero-order chi connectivity index (χ0) is 10.7. The minimum Gasteiger partial charge on any atom is -0.300 e. The van der Waals surface area contributed by atoms with Gasteiger partial charge in [-0.25, -0.2) is 4.98 Å². The summed E-state index contributed by atoms with van der Waals surface area (Å²) in [6.45, 7) is 3.70. The van der Waals surface area contributed by atoms with Gasteiger partial charge in [-0.15, -0.1) is 11.3 Å². The first-order chi connectivity index (χ1) is 7.25. The minimum absolute atomic E-state index is 0.297. The van der Waals surface area contributed by atoms with E-state index in [9.17, 15) is 4.79 Å². The second-order valence-electron chi connectivity index (χ2n) is 4.10. The van der Waals surface area contributed by atoms with E-state index in [-0.39, 0.29) is 0 Å². The molecular formula is C11H16N2OS. The van der Waals surface area contributed by atoms with E-state index in [4.69, 9.17) is 0 Å². The second-order valence-corrected chi connectivity index (χ2v) is 5.08. The Labute approximate surface area is 94.1 Å². The van der Waals surface area contributed by atoms with Crippen LogP contribution in [0, 0.1) is 0 Å². The second kappa shape index (κ2) is 4.86. The van der Waals surface area contributed by atoms with Crippen molar-refractivity contribution < 1.29 is 4.79 Å². The number of Topliss-reactive ketones (excluding diaryl/α,β-unsaturated/α-hetero) is 1. The van der Waals surface area contributed by atoms with Crippen LogP contribution in [0.5, 0.6) is 0 Å². The van der Waals surface area contributed by atoms with Crippen molar-refractivity contribution in [1.29, 1.82) is 0 Å². The summed E-state index contributed by atoms with van der Waals surface area (Å²) in [6, 6.07) is 0.450. The quantitative estimate of drug-likeness (QED) is 0.785. The smallest absolute Gasteiger partial charge is 0.131 e. The zero-order valence-electron chi connectivity index (χ0n) is 8.98. The van der Waals surface area contributed by atoms with Gasteiger partial charge in [0, 0.05) is 24.0 Å².